The minimum absolute atomic E-state index is 0.00783. The lowest BCUT2D eigenvalue weighted by atomic mass is 9.97. The number of aryl methyl sites for hydroxylation is 1. The Kier molecular flexibility index (Phi) is 5.98. The van der Waals surface area contributed by atoms with Crippen molar-refractivity contribution in [3.63, 3.8) is 0 Å². The van der Waals surface area contributed by atoms with Gasteiger partial charge in [-0.2, -0.15) is 9.29 Å². The molecule has 0 radical (unpaired) electrons. The molecule has 0 N–H and O–H groups in total. The van der Waals surface area contributed by atoms with E-state index in [2.05, 4.69) is 10.1 Å². The largest absolute Gasteiger partial charge is 0.455 e. The lowest BCUT2D eigenvalue weighted by Crippen LogP contribution is -2.39. The Bertz CT molecular complexity index is 1300. The maximum Gasteiger partial charge on any atom is 0.289 e. The van der Waals surface area contributed by atoms with Crippen LogP contribution in [0.1, 0.15) is 53.8 Å². The second-order valence-corrected chi connectivity index (χ2v) is 10.6. The van der Waals surface area contributed by atoms with E-state index in [0.717, 1.165) is 25.7 Å². The van der Waals surface area contributed by atoms with Crippen LogP contribution in [-0.4, -0.2) is 59.8 Å². The number of aromatic nitrogens is 2. The van der Waals surface area contributed by atoms with E-state index in [1.54, 1.807) is 24.0 Å². The minimum atomic E-state index is -3.68. The van der Waals surface area contributed by atoms with Gasteiger partial charge in [-0.05, 0) is 56.9 Å². The lowest BCUT2D eigenvalue weighted by molar-refractivity contribution is 0.0662. The van der Waals surface area contributed by atoms with Gasteiger partial charge in [0.05, 0.1) is 5.92 Å². The molecule has 0 aliphatic carbocycles. The molecule has 2 aromatic heterocycles. The van der Waals surface area contributed by atoms with Crippen molar-refractivity contribution in [2.24, 2.45) is 0 Å². The summed E-state index contributed by atoms with van der Waals surface area (Å²) in [6.45, 7) is 3.39. The van der Waals surface area contributed by atoms with Crippen LogP contribution in [0.5, 0.6) is 0 Å². The zero-order chi connectivity index (χ0) is 23.9. The van der Waals surface area contributed by atoms with E-state index in [1.165, 1.54) is 22.5 Å². The number of amides is 1. The third-order valence-electron chi connectivity index (χ3n) is 6.37. The molecule has 1 amide bonds. The molecule has 5 rings (SSSR count). The number of likely N-dealkylation sites (tertiary alicyclic amines) is 1. The van der Waals surface area contributed by atoms with Gasteiger partial charge in [0.15, 0.2) is 5.76 Å². The summed E-state index contributed by atoms with van der Waals surface area (Å²) in [5.74, 6) is 0.107. The first kappa shape index (κ1) is 22.7. The summed E-state index contributed by atoms with van der Waals surface area (Å²) in [6.07, 6.45) is 3.15. The van der Waals surface area contributed by atoms with E-state index >= 15 is 0 Å². The molecule has 34 heavy (non-hydrogen) atoms. The molecule has 0 unspecified atom stereocenters. The third kappa shape index (κ3) is 4.25. The van der Waals surface area contributed by atoms with Crippen LogP contribution in [0.25, 0.3) is 11.4 Å². The standard InChI is InChI=1S/C23H25FN4O5S/c1-15-20(34(30,31)28-11-2-3-12-28)13-19(32-15)23(29)27-10-4-5-17(14-27)22-25-21(26-33-22)16-6-8-18(24)9-7-16/h6-9,13,17H,2-5,10-12,14H2,1H3/t17-/m0/s1. The first-order chi connectivity index (χ1) is 16.3. The molecule has 1 aromatic carbocycles. The predicted molar refractivity (Wildman–Crippen MR) is 119 cm³/mol. The van der Waals surface area contributed by atoms with E-state index in [0.29, 0.717) is 43.5 Å². The molecule has 0 bridgehead atoms. The van der Waals surface area contributed by atoms with Gasteiger partial charge in [-0.15, -0.1) is 0 Å². The summed E-state index contributed by atoms with van der Waals surface area (Å²) in [5.41, 5.74) is 0.637. The van der Waals surface area contributed by atoms with Crippen LogP contribution >= 0.6 is 0 Å². The number of halogens is 1. The number of piperidine rings is 1. The van der Waals surface area contributed by atoms with Crippen molar-refractivity contribution in [3.8, 4) is 11.4 Å². The van der Waals surface area contributed by atoms with Gasteiger partial charge >= 0.3 is 0 Å². The highest BCUT2D eigenvalue weighted by Gasteiger charge is 2.34. The Morgan fingerprint density at radius 3 is 2.59 bits per heavy atom. The highest BCUT2D eigenvalue weighted by atomic mass is 32.2. The van der Waals surface area contributed by atoms with E-state index < -0.39 is 10.0 Å². The van der Waals surface area contributed by atoms with Crippen molar-refractivity contribution in [1.29, 1.82) is 0 Å². The summed E-state index contributed by atoms with van der Waals surface area (Å²) >= 11 is 0. The summed E-state index contributed by atoms with van der Waals surface area (Å²) < 4.78 is 51.5. The Labute approximate surface area is 196 Å². The molecule has 3 aromatic rings. The Balaban J connectivity index is 1.32. The molecule has 2 aliphatic heterocycles. The van der Waals surface area contributed by atoms with Gasteiger partial charge in [0.2, 0.25) is 21.7 Å². The van der Waals surface area contributed by atoms with Crippen LogP contribution in [0, 0.1) is 12.7 Å². The second kappa shape index (κ2) is 8.95. The summed E-state index contributed by atoms with van der Waals surface area (Å²) in [6, 6.07) is 7.15. The SMILES string of the molecule is Cc1oc(C(=O)N2CCC[C@H](c3nc(-c4ccc(F)cc4)no3)C2)cc1S(=O)(=O)N1CCCC1. The Morgan fingerprint density at radius 2 is 1.85 bits per heavy atom. The molecule has 1 atom stereocenters. The zero-order valence-corrected chi connectivity index (χ0v) is 19.6. The number of carbonyl (C=O) groups is 1. The van der Waals surface area contributed by atoms with Crippen molar-refractivity contribution < 1.29 is 26.5 Å². The fraction of sp³-hybridized carbons (Fsp3) is 0.435. The average molecular weight is 489 g/mol. The number of sulfonamides is 1. The molecule has 4 heterocycles. The van der Waals surface area contributed by atoms with Gasteiger partial charge in [-0.3, -0.25) is 4.79 Å². The molecular weight excluding hydrogens is 463 g/mol. The number of hydrogen-bond donors (Lipinski definition) is 0. The second-order valence-electron chi connectivity index (χ2n) is 8.70. The Morgan fingerprint density at radius 1 is 1.12 bits per heavy atom. The predicted octanol–water partition coefficient (Wildman–Crippen LogP) is 3.58. The van der Waals surface area contributed by atoms with Crippen molar-refractivity contribution >= 4 is 15.9 Å². The van der Waals surface area contributed by atoms with Gasteiger partial charge in [0, 0.05) is 37.8 Å². The molecule has 0 spiro atoms. The minimum Gasteiger partial charge on any atom is -0.455 e. The smallest absolute Gasteiger partial charge is 0.289 e. The van der Waals surface area contributed by atoms with Crippen LogP contribution in [0.3, 0.4) is 0 Å². The summed E-state index contributed by atoms with van der Waals surface area (Å²) in [5, 5.41) is 4.00. The van der Waals surface area contributed by atoms with Crippen molar-refractivity contribution in [2.45, 2.75) is 43.4 Å². The molecule has 2 aliphatic rings. The van der Waals surface area contributed by atoms with Gasteiger partial charge in [0.25, 0.3) is 5.91 Å². The summed E-state index contributed by atoms with van der Waals surface area (Å²) in [7, 11) is -3.68. The molecule has 180 valence electrons. The van der Waals surface area contributed by atoms with Crippen molar-refractivity contribution in [3.05, 3.63) is 53.6 Å². The van der Waals surface area contributed by atoms with Gasteiger partial charge < -0.3 is 13.8 Å². The number of furan rings is 1. The zero-order valence-electron chi connectivity index (χ0n) is 18.7. The van der Waals surface area contributed by atoms with Crippen molar-refractivity contribution in [1.82, 2.24) is 19.3 Å². The van der Waals surface area contributed by atoms with Crippen molar-refractivity contribution in [2.75, 3.05) is 26.2 Å². The van der Waals surface area contributed by atoms with E-state index in [1.807, 2.05) is 0 Å². The van der Waals surface area contributed by atoms with Crippen LogP contribution in [-0.2, 0) is 10.0 Å². The molecule has 2 fully saturated rings. The van der Waals surface area contributed by atoms with Crippen LogP contribution in [0.4, 0.5) is 4.39 Å². The number of hydrogen-bond acceptors (Lipinski definition) is 7. The number of carbonyl (C=O) groups excluding carboxylic acids is 1. The fourth-order valence-electron chi connectivity index (χ4n) is 4.53. The number of rotatable bonds is 5. The van der Waals surface area contributed by atoms with Gasteiger partial charge in [-0.25, -0.2) is 12.8 Å². The van der Waals surface area contributed by atoms with Gasteiger partial charge in [-0.1, -0.05) is 5.16 Å². The average Bonchev–Trinajstić information content (AvgIpc) is 3.60. The maximum absolute atomic E-state index is 13.2. The first-order valence-electron chi connectivity index (χ1n) is 11.3. The molecule has 11 heteroatoms. The maximum atomic E-state index is 13.2. The Hall–Kier alpha value is -3.05. The topological polar surface area (TPSA) is 110 Å². The van der Waals surface area contributed by atoms with Gasteiger partial charge in [0.1, 0.15) is 16.5 Å². The summed E-state index contributed by atoms with van der Waals surface area (Å²) in [4.78, 5) is 19.3. The molecular formula is C23H25FN4O5S. The highest BCUT2D eigenvalue weighted by Crippen LogP contribution is 2.31. The van der Waals surface area contributed by atoms with E-state index in [4.69, 9.17) is 8.94 Å². The first-order valence-corrected chi connectivity index (χ1v) is 12.8. The monoisotopic (exact) mass is 488 g/mol. The quantitative estimate of drug-likeness (QED) is 0.540. The molecule has 9 nitrogen and oxygen atoms in total. The highest BCUT2D eigenvalue weighted by molar-refractivity contribution is 7.89. The number of nitrogens with zero attached hydrogens (tertiary/aromatic N) is 4. The van der Waals surface area contributed by atoms with E-state index in [-0.39, 0.29) is 34.1 Å². The fourth-order valence-corrected chi connectivity index (χ4v) is 6.21. The van der Waals surface area contributed by atoms with Crippen LogP contribution < -0.4 is 0 Å². The van der Waals surface area contributed by atoms with E-state index in [9.17, 15) is 17.6 Å². The lowest BCUT2D eigenvalue weighted by Gasteiger charge is -2.30. The van der Waals surface area contributed by atoms with Crippen LogP contribution in [0.15, 0.2) is 44.2 Å². The third-order valence-corrected chi connectivity index (χ3v) is 8.37. The normalized spacial score (nSPS) is 19.6. The molecule has 0 saturated carbocycles. The number of benzene rings is 1. The molecule has 2 saturated heterocycles. The van der Waals surface area contributed by atoms with Crippen LogP contribution in [0.2, 0.25) is 0 Å².